The molecule has 0 radical (unpaired) electrons. The van der Waals surface area contributed by atoms with E-state index in [-0.39, 0.29) is 30.5 Å². The maximum absolute atomic E-state index is 14.2. The molecular formula is C27H28F3N3O3S. The Bertz CT molecular complexity index is 1380. The number of hydrogen-bond acceptors (Lipinski definition) is 3. The molecule has 0 aliphatic carbocycles. The Hall–Kier alpha value is -3.21. The Morgan fingerprint density at radius 2 is 1.65 bits per heavy atom. The number of piperidine rings is 1. The van der Waals surface area contributed by atoms with Crippen molar-refractivity contribution in [2.24, 2.45) is 5.14 Å². The van der Waals surface area contributed by atoms with Gasteiger partial charge in [0.25, 0.3) is 10.2 Å². The monoisotopic (exact) mass is 531 g/mol. The molecule has 3 aromatic carbocycles. The highest BCUT2D eigenvalue weighted by atomic mass is 32.2. The molecule has 10 heteroatoms. The van der Waals surface area contributed by atoms with Gasteiger partial charge in [-0.15, -0.1) is 0 Å². The summed E-state index contributed by atoms with van der Waals surface area (Å²) >= 11 is 0. The van der Waals surface area contributed by atoms with Crippen LogP contribution in [0.15, 0.2) is 66.7 Å². The summed E-state index contributed by atoms with van der Waals surface area (Å²) in [5.41, 5.74) is 1.81. The van der Waals surface area contributed by atoms with Crippen LogP contribution in [0.2, 0.25) is 0 Å². The number of amides is 1. The standard InChI is InChI=1S/C27H28F3N3O3S/c1-18(19-2-4-20(5-3-19)24-11-10-23(29)16-25(24)30)33-15-13-27(17-26(33)34,12-14-32-37(31,35)36)21-6-8-22(28)9-7-21/h2-11,16,18,32H,12-15,17H2,1H3,(H2,31,35,36)/t18-,27+/m0/s1. The smallest absolute Gasteiger partial charge is 0.274 e. The first-order valence-corrected chi connectivity index (χ1v) is 13.4. The lowest BCUT2D eigenvalue weighted by Crippen LogP contribution is -2.48. The molecule has 0 saturated carbocycles. The van der Waals surface area contributed by atoms with Gasteiger partial charge < -0.3 is 4.90 Å². The van der Waals surface area contributed by atoms with Gasteiger partial charge in [-0.2, -0.15) is 8.42 Å². The second-order valence-corrected chi connectivity index (χ2v) is 10.8. The lowest BCUT2D eigenvalue weighted by molar-refractivity contribution is -0.138. The Labute approximate surface area is 214 Å². The molecule has 3 aromatic rings. The van der Waals surface area contributed by atoms with Crippen LogP contribution in [0.25, 0.3) is 11.1 Å². The molecule has 4 rings (SSSR count). The first-order valence-electron chi connectivity index (χ1n) is 11.9. The minimum Gasteiger partial charge on any atom is -0.336 e. The molecule has 6 nitrogen and oxygen atoms in total. The summed E-state index contributed by atoms with van der Waals surface area (Å²) in [7, 11) is -3.89. The highest BCUT2D eigenvalue weighted by molar-refractivity contribution is 7.87. The zero-order chi connectivity index (χ0) is 26.8. The fraction of sp³-hybridized carbons (Fsp3) is 0.296. The molecule has 0 spiro atoms. The Morgan fingerprint density at radius 1 is 1.00 bits per heavy atom. The fourth-order valence-corrected chi connectivity index (χ4v) is 5.42. The number of halogens is 3. The molecule has 1 saturated heterocycles. The average molecular weight is 532 g/mol. The maximum atomic E-state index is 14.2. The molecule has 2 atom stereocenters. The van der Waals surface area contributed by atoms with Crippen LogP contribution in [0.5, 0.6) is 0 Å². The van der Waals surface area contributed by atoms with Crippen LogP contribution < -0.4 is 9.86 Å². The number of rotatable bonds is 8. The summed E-state index contributed by atoms with van der Waals surface area (Å²) in [6, 6.07) is 16.2. The maximum Gasteiger partial charge on any atom is 0.274 e. The molecule has 1 aliphatic rings. The molecular weight excluding hydrogens is 503 g/mol. The minimum atomic E-state index is -3.89. The van der Waals surface area contributed by atoms with Gasteiger partial charge in [-0.25, -0.2) is 23.0 Å². The number of nitrogens with one attached hydrogen (secondary N) is 1. The number of likely N-dealkylation sites (tertiary alicyclic amines) is 1. The van der Waals surface area contributed by atoms with Crippen molar-refractivity contribution >= 4 is 16.1 Å². The zero-order valence-corrected chi connectivity index (χ0v) is 21.1. The van der Waals surface area contributed by atoms with E-state index in [1.165, 1.54) is 24.3 Å². The second-order valence-electron chi connectivity index (χ2n) is 9.41. The molecule has 3 N–H and O–H groups in total. The average Bonchev–Trinajstić information content (AvgIpc) is 2.83. The van der Waals surface area contributed by atoms with Gasteiger partial charge in [0.15, 0.2) is 0 Å². The van der Waals surface area contributed by atoms with Gasteiger partial charge in [-0.1, -0.05) is 36.4 Å². The number of nitrogens with zero attached hydrogens (tertiary/aromatic N) is 1. The molecule has 0 bridgehead atoms. The molecule has 0 unspecified atom stereocenters. The normalized spacial score (nSPS) is 19.2. The van der Waals surface area contributed by atoms with Gasteiger partial charge in [0.2, 0.25) is 5.91 Å². The molecule has 1 aliphatic heterocycles. The third-order valence-corrected chi connectivity index (χ3v) is 7.71. The third-order valence-electron chi connectivity index (χ3n) is 7.11. The molecule has 1 amide bonds. The van der Waals surface area contributed by atoms with Crippen molar-refractivity contribution in [3.8, 4) is 11.1 Å². The topological polar surface area (TPSA) is 92.5 Å². The molecule has 1 heterocycles. The molecule has 37 heavy (non-hydrogen) atoms. The van der Waals surface area contributed by atoms with Crippen LogP contribution in [0.1, 0.15) is 43.4 Å². The fourth-order valence-electron chi connectivity index (χ4n) is 5.03. The largest absolute Gasteiger partial charge is 0.336 e. The van der Waals surface area contributed by atoms with E-state index < -0.39 is 33.1 Å². The number of carbonyl (C=O) groups excluding carboxylic acids is 1. The summed E-state index contributed by atoms with van der Waals surface area (Å²) < 4.78 is 66.0. The van der Waals surface area contributed by atoms with E-state index in [9.17, 15) is 26.4 Å². The van der Waals surface area contributed by atoms with E-state index in [0.29, 0.717) is 24.9 Å². The SMILES string of the molecule is C[C@@H](c1ccc(-c2ccc(F)cc2F)cc1)N1CC[C@@](CCNS(N)(=O)=O)(c2ccc(F)cc2)CC1=O. The van der Waals surface area contributed by atoms with E-state index in [0.717, 1.165) is 17.2 Å². The summed E-state index contributed by atoms with van der Waals surface area (Å²) in [4.78, 5) is 15.1. The Morgan fingerprint density at radius 3 is 2.24 bits per heavy atom. The van der Waals surface area contributed by atoms with Crippen LogP contribution in [-0.4, -0.2) is 32.3 Å². The van der Waals surface area contributed by atoms with Gasteiger partial charge in [0, 0.05) is 36.6 Å². The summed E-state index contributed by atoms with van der Waals surface area (Å²) in [6.45, 7) is 2.35. The summed E-state index contributed by atoms with van der Waals surface area (Å²) in [6.07, 6.45) is 0.981. The Balaban J connectivity index is 1.52. The van der Waals surface area contributed by atoms with Crippen LogP contribution in [0, 0.1) is 17.5 Å². The molecule has 196 valence electrons. The van der Waals surface area contributed by atoms with Crippen LogP contribution in [0.3, 0.4) is 0 Å². The lowest BCUT2D eigenvalue weighted by atomic mass is 9.70. The van der Waals surface area contributed by atoms with Crippen LogP contribution in [-0.2, 0) is 20.4 Å². The van der Waals surface area contributed by atoms with E-state index in [1.807, 2.05) is 19.1 Å². The van der Waals surface area contributed by atoms with Gasteiger partial charge in [-0.3, -0.25) is 4.79 Å². The number of nitrogens with two attached hydrogens (primary N) is 1. The highest BCUT2D eigenvalue weighted by Gasteiger charge is 2.41. The van der Waals surface area contributed by atoms with Crippen LogP contribution in [0.4, 0.5) is 13.2 Å². The predicted molar refractivity (Wildman–Crippen MR) is 135 cm³/mol. The first kappa shape index (κ1) is 26.8. The van der Waals surface area contributed by atoms with Crippen molar-refractivity contribution in [1.82, 2.24) is 9.62 Å². The second kappa shape index (κ2) is 10.6. The van der Waals surface area contributed by atoms with E-state index >= 15 is 0 Å². The van der Waals surface area contributed by atoms with Gasteiger partial charge >= 0.3 is 0 Å². The van der Waals surface area contributed by atoms with E-state index in [2.05, 4.69) is 4.72 Å². The van der Waals surface area contributed by atoms with Crippen molar-refractivity contribution < 1.29 is 26.4 Å². The number of benzene rings is 3. The predicted octanol–water partition coefficient (Wildman–Crippen LogP) is 4.58. The summed E-state index contributed by atoms with van der Waals surface area (Å²) in [5.74, 6) is -1.82. The van der Waals surface area contributed by atoms with E-state index in [4.69, 9.17) is 5.14 Å². The lowest BCUT2D eigenvalue weighted by Gasteiger charge is -2.44. The number of hydrogen-bond donors (Lipinski definition) is 2. The van der Waals surface area contributed by atoms with Crippen molar-refractivity contribution in [3.05, 3.63) is 95.3 Å². The highest BCUT2D eigenvalue weighted by Crippen LogP contribution is 2.41. The van der Waals surface area contributed by atoms with Gasteiger partial charge in [0.05, 0.1) is 6.04 Å². The van der Waals surface area contributed by atoms with Crippen molar-refractivity contribution in [2.75, 3.05) is 13.1 Å². The van der Waals surface area contributed by atoms with Gasteiger partial charge in [0.1, 0.15) is 17.5 Å². The Kier molecular flexibility index (Phi) is 7.72. The molecule has 0 aromatic heterocycles. The van der Waals surface area contributed by atoms with Crippen LogP contribution >= 0.6 is 0 Å². The number of carbonyl (C=O) groups is 1. The van der Waals surface area contributed by atoms with Crippen molar-refractivity contribution in [2.45, 2.75) is 37.6 Å². The van der Waals surface area contributed by atoms with Crippen molar-refractivity contribution in [3.63, 3.8) is 0 Å². The third kappa shape index (κ3) is 6.20. The zero-order valence-electron chi connectivity index (χ0n) is 20.3. The van der Waals surface area contributed by atoms with Crippen molar-refractivity contribution in [1.29, 1.82) is 0 Å². The first-order chi connectivity index (χ1) is 17.5. The minimum absolute atomic E-state index is 0.0421. The summed E-state index contributed by atoms with van der Waals surface area (Å²) in [5, 5.41) is 5.07. The van der Waals surface area contributed by atoms with Gasteiger partial charge in [-0.05, 0) is 60.7 Å². The van der Waals surface area contributed by atoms with E-state index in [1.54, 1.807) is 29.2 Å². The quantitative estimate of drug-likeness (QED) is 0.446. The molecule has 1 fully saturated rings.